The Morgan fingerprint density at radius 3 is 2.71 bits per heavy atom. The van der Waals surface area contributed by atoms with Crippen LogP contribution in [0, 0.1) is 0 Å². The van der Waals surface area contributed by atoms with Crippen LogP contribution in [-0.4, -0.2) is 47.5 Å². The van der Waals surface area contributed by atoms with Crippen LogP contribution >= 0.6 is 11.3 Å². The minimum Gasteiger partial charge on any atom is -0.352 e. The maximum absolute atomic E-state index is 10.8. The third-order valence-corrected chi connectivity index (χ3v) is 5.69. The zero-order valence-corrected chi connectivity index (χ0v) is 12.7. The Morgan fingerprint density at radius 2 is 1.90 bits per heavy atom. The van der Waals surface area contributed by atoms with Crippen molar-refractivity contribution in [1.82, 2.24) is 14.9 Å². The Hall–Kier alpha value is -1.69. The summed E-state index contributed by atoms with van der Waals surface area (Å²) in [6, 6.07) is 0. The lowest BCUT2D eigenvalue weighted by Gasteiger charge is -2.33. The summed E-state index contributed by atoms with van der Waals surface area (Å²) >= 11 is 1.84. The number of amides is 1. The molecule has 0 N–H and O–H groups in total. The topological polar surface area (TPSA) is 49.3 Å². The number of carbonyl (C=O) groups is 1. The molecule has 3 heterocycles. The third-order valence-electron chi connectivity index (χ3n) is 4.49. The van der Waals surface area contributed by atoms with Gasteiger partial charge in [-0.3, -0.25) is 4.79 Å². The number of aryl methyl sites for hydroxylation is 2. The minimum atomic E-state index is 0.779. The molecule has 110 valence electrons. The third kappa shape index (κ3) is 2.18. The molecule has 0 saturated carbocycles. The molecule has 0 aromatic carbocycles. The quantitative estimate of drug-likeness (QED) is 0.794. The van der Waals surface area contributed by atoms with Crippen LogP contribution in [0.3, 0.4) is 0 Å². The van der Waals surface area contributed by atoms with E-state index in [0.717, 1.165) is 49.7 Å². The van der Waals surface area contributed by atoms with Gasteiger partial charge in [-0.1, -0.05) is 0 Å². The number of piperazine rings is 1. The lowest BCUT2D eigenvalue weighted by atomic mass is 9.97. The van der Waals surface area contributed by atoms with Crippen molar-refractivity contribution in [2.45, 2.75) is 25.7 Å². The van der Waals surface area contributed by atoms with E-state index in [-0.39, 0.29) is 0 Å². The summed E-state index contributed by atoms with van der Waals surface area (Å²) in [5.41, 5.74) is 1.48. The Balaban J connectivity index is 1.75. The SMILES string of the molecule is O=CN1CCN(c2ncnc3sc4c(c23)CCCC4)CC1. The normalized spacial score (nSPS) is 18.9. The van der Waals surface area contributed by atoms with Crippen LogP contribution in [0.4, 0.5) is 5.82 Å². The van der Waals surface area contributed by atoms with Gasteiger partial charge in [0.2, 0.25) is 6.41 Å². The van der Waals surface area contributed by atoms with Crippen molar-refractivity contribution in [3.05, 3.63) is 16.8 Å². The molecule has 0 unspecified atom stereocenters. The van der Waals surface area contributed by atoms with E-state index in [4.69, 9.17) is 0 Å². The molecule has 1 saturated heterocycles. The van der Waals surface area contributed by atoms with Crippen LogP contribution < -0.4 is 4.90 Å². The predicted molar refractivity (Wildman–Crippen MR) is 83.9 cm³/mol. The Morgan fingerprint density at radius 1 is 1.10 bits per heavy atom. The van der Waals surface area contributed by atoms with Gasteiger partial charge in [0.1, 0.15) is 17.0 Å². The van der Waals surface area contributed by atoms with E-state index in [0.29, 0.717) is 0 Å². The van der Waals surface area contributed by atoms with Crippen molar-refractivity contribution in [1.29, 1.82) is 0 Å². The van der Waals surface area contributed by atoms with Gasteiger partial charge in [-0.15, -0.1) is 11.3 Å². The number of carbonyl (C=O) groups excluding carboxylic acids is 1. The minimum absolute atomic E-state index is 0.779. The molecule has 2 aromatic heterocycles. The Kier molecular flexibility index (Phi) is 3.25. The van der Waals surface area contributed by atoms with Crippen LogP contribution in [-0.2, 0) is 17.6 Å². The Labute approximate surface area is 127 Å². The number of fused-ring (bicyclic) bond motifs is 3. The van der Waals surface area contributed by atoms with E-state index < -0.39 is 0 Å². The highest BCUT2D eigenvalue weighted by Crippen LogP contribution is 2.39. The molecule has 1 fully saturated rings. The molecule has 0 radical (unpaired) electrons. The zero-order valence-electron chi connectivity index (χ0n) is 11.9. The van der Waals surface area contributed by atoms with Crippen molar-refractivity contribution in [2.75, 3.05) is 31.1 Å². The van der Waals surface area contributed by atoms with Crippen molar-refractivity contribution in [2.24, 2.45) is 0 Å². The average molecular weight is 302 g/mol. The predicted octanol–water partition coefficient (Wildman–Crippen LogP) is 1.85. The van der Waals surface area contributed by atoms with Crippen molar-refractivity contribution >= 4 is 33.8 Å². The molecule has 1 aliphatic heterocycles. The van der Waals surface area contributed by atoms with E-state index in [1.807, 2.05) is 16.2 Å². The Bertz CT molecular complexity index is 676. The molecular formula is C15H18N4OS. The summed E-state index contributed by atoms with van der Waals surface area (Å²) in [5.74, 6) is 1.07. The number of aromatic nitrogens is 2. The van der Waals surface area contributed by atoms with E-state index in [1.54, 1.807) is 6.33 Å². The largest absolute Gasteiger partial charge is 0.352 e. The molecule has 0 spiro atoms. The number of hydrogen-bond donors (Lipinski definition) is 0. The van der Waals surface area contributed by atoms with Crippen molar-refractivity contribution in [3.63, 3.8) is 0 Å². The van der Waals surface area contributed by atoms with Crippen LogP contribution in [0.2, 0.25) is 0 Å². The maximum atomic E-state index is 10.8. The first-order chi connectivity index (χ1) is 10.4. The van der Waals surface area contributed by atoms with Crippen LogP contribution in [0.25, 0.3) is 10.2 Å². The summed E-state index contributed by atoms with van der Waals surface area (Å²) < 4.78 is 0. The van der Waals surface area contributed by atoms with Crippen LogP contribution in [0.15, 0.2) is 6.33 Å². The van der Waals surface area contributed by atoms with Crippen LogP contribution in [0.5, 0.6) is 0 Å². The van der Waals surface area contributed by atoms with Gasteiger partial charge >= 0.3 is 0 Å². The molecule has 1 aliphatic carbocycles. The fourth-order valence-electron chi connectivity index (χ4n) is 3.35. The number of hydrogen-bond acceptors (Lipinski definition) is 5. The molecule has 0 bridgehead atoms. The lowest BCUT2D eigenvalue weighted by molar-refractivity contribution is -0.118. The smallest absolute Gasteiger partial charge is 0.209 e. The summed E-state index contributed by atoms with van der Waals surface area (Å²) in [5, 5.41) is 1.27. The second kappa shape index (κ2) is 5.26. The summed E-state index contributed by atoms with van der Waals surface area (Å²) in [4.78, 5) is 26.7. The molecule has 0 atom stereocenters. The summed E-state index contributed by atoms with van der Waals surface area (Å²) in [6.45, 7) is 3.27. The second-order valence-corrected chi connectivity index (χ2v) is 6.80. The van der Waals surface area contributed by atoms with Gasteiger partial charge in [-0.05, 0) is 31.2 Å². The maximum Gasteiger partial charge on any atom is 0.209 e. The standard InChI is InChI=1S/C15H18N4OS/c20-10-18-5-7-19(8-6-18)14-13-11-3-1-2-4-12(11)21-15(13)17-9-16-14/h9-10H,1-8H2. The monoisotopic (exact) mass is 302 g/mol. The molecule has 6 heteroatoms. The molecule has 1 amide bonds. The molecule has 5 nitrogen and oxygen atoms in total. The fraction of sp³-hybridized carbons (Fsp3) is 0.533. The van der Waals surface area contributed by atoms with Gasteiger partial charge < -0.3 is 9.80 Å². The molecule has 21 heavy (non-hydrogen) atoms. The highest BCUT2D eigenvalue weighted by molar-refractivity contribution is 7.19. The first-order valence-corrected chi connectivity index (χ1v) is 8.38. The van der Waals surface area contributed by atoms with E-state index in [1.165, 1.54) is 35.1 Å². The van der Waals surface area contributed by atoms with Gasteiger partial charge in [0.25, 0.3) is 0 Å². The van der Waals surface area contributed by atoms with E-state index in [2.05, 4.69) is 14.9 Å². The molecular weight excluding hydrogens is 284 g/mol. The van der Waals surface area contributed by atoms with Crippen LogP contribution in [0.1, 0.15) is 23.3 Å². The van der Waals surface area contributed by atoms with Gasteiger partial charge in [-0.25, -0.2) is 9.97 Å². The highest BCUT2D eigenvalue weighted by atomic mass is 32.1. The van der Waals surface area contributed by atoms with Gasteiger partial charge in [-0.2, -0.15) is 0 Å². The summed E-state index contributed by atoms with van der Waals surface area (Å²) in [7, 11) is 0. The second-order valence-electron chi connectivity index (χ2n) is 5.72. The fourth-order valence-corrected chi connectivity index (χ4v) is 4.58. The number of thiophene rings is 1. The lowest BCUT2D eigenvalue weighted by Crippen LogP contribution is -2.46. The highest BCUT2D eigenvalue weighted by Gasteiger charge is 2.24. The first-order valence-electron chi connectivity index (χ1n) is 7.56. The summed E-state index contributed by atoms with van der Waals surface area (Å²) in [6.07, 6.45) is 7.54. The van der Waals surface area contributed by atoms with Crippen molar-refractivity contribution < 1.29 is 4.79 Å². The molecule has 2 aromatic rings. The molecule has 4 rings (SSSR count). The molecule has 2 aliphatic rings. The number of anilines is 1. The average Bonchev–Trinajstić information content (AvgIpc) is 2.93. The first kappa shape index (κ1) is 13.0. The van der Waals surface area contributed by atoms with E-state index >= 15 is 0 Å². The van der Waals surface area contributed by atoms with Gasteiger partial charge in [0.15, 0.2) is 0 Å². The van der Waals surface area contributed by atoms with E-state index in [9.17, 15) is 4.79 Å². The van der Waals surface area contributed by atoms with Gasteiger partial charge in [0.05, 0.1) is 5.39 Å². The van der Waals surface area contributed by atoms with Gasteiger partial charge in [0, 0.05) is 31.1 Å². The zero-order chi connectivity index (χ0) is 14.2. The van der Waals surface area contributed by atoms with Crippen molar-refractivity contribution in [3.8, 4) is 0 Å². The number of rotatable bonds is 2. The number of nitrogens with zero attached hydrogens (tertiary/aromatic N) is 4.